The zero-order valence-electron chi connectivity index (χ0n) is 15.6. The lowest BCUT2D eigenvalue weighted by atomic mass is 10.0. The minimum atomic E-state index is -0.468. The Kier molecular flexibility index (Phi) is 6.59. The fourth-order valence-electron chi connectivity index (χ4n) is 2.85. The highest BCUT2D eigenvalue weighted by Gasteiger charge is 2.18. The van der Waals surface area contributed by atoms with Crippen LogP contribution in [0, 0.1) is 0 Å². The van der Waals surface area contributed by atoms with E-state index < -0.39 is 5.97 Å². The van der Waals surface area contributed by atoms with Crippen molar-refractivity contribution in [1.82, 2.24) is 5.32 Å². The number of furan rings is 1. The van der Waals surface area contributed by atoms with Crippen molar-refractivity contribution in [2.24, 2.45) is 0 Å². The third-order valence-electron chi connectivity index (χ3n) is 4.12. The second kappa shape index (κ2) is 9.53. The molecule has 0 aliphatic heterocycles. The minimum absolute atomic E-state index is 0.0391. The standard InChI is InChI=1S/C22H22N2O4/c1-2-27-22(26)17-11-6-7-12-18(17)24-20(25)15-23-21(19-13-8-14-28-19)16-9-4-3-5-10-16/h3-14,21,23H,2,15H2,1H3,(H,24,25)/t21-/m0/s1. The van der Waals surface area contributed by atoms with E-state index in [1.54, 1.807) is 37.5 Å². The maximum Gasteiger partial charge on any atom is 0.340 e. The molecule has 6 nitrogen and oxygen atoms in total. The maximum atomic E-state index is 12.5. The first-order valence-electron chi connectivity index (χ1n) is 9.06. The van der Waals surface area contributed by atoms with E-state index in [1.165, 1.54) is 0 Å². The number of hydrogen-bond acceptors (Lipinski definition) is 5. The summed E-state index contributed by atoms with van der Waals surface area (Å²) in [6.45, 7) is 2.05. The Bertz CT molecular complexity index is 907. The molecule has 3 aromatic rings. The fourth-order valence-corrected chi connectivity index (χ4v) is 2.85. The van der Waals surface area contributed by atoms with Crippen molar-refractivity contribution in [2.45, 2.75) is 13.0 Å². The quantitative estimate of drug-likeness (QED) is 0.583. The lowest BCUT2D eigenvalue weighted by Gasteiger charge is -2.17. The van der Waals surface area contributed by atoms with Crippen molar-refractivity contribution in [1.29, 1.82) is 0 Å². The maximum absolute atomic E-state index is 12.5. The van der Waals surface area contributed by atoms with E-state index in [9.17, 15) is 9.59 Å². The molecule has 1 atom stereocenters. The largest absolute Gasteiger partial charge is 0.467 e. The van der Waals surface area contributed by atoms with Crippen LogP contribution >= 0.6 is 0 Å². The Hall–Kier alpha value is -3.38. The van der Waals surface area contributed by atoms with Gasteiger partial charge in [0, 0.05) is 0 Å². The van der Waals surface area contributed by atoms with Gasteiger partial charge in [-0.3, -0.25) is 10.1 Å². The molecular formula is C22H22N2O4. The van der Waals surface area contributed by atoms with Crippen LogP contribution in [0.4, 0.5) is 5.69 Å². The average molecular weight is 378 g/mol. The van der Waals surface area contributed by atoms with Gasteiger partial charge in [-0.15, -0.1) is 0 Å². The van der Waals surface area contributed by atoms with Crippen LogP contribution in [0.25, 0.3) is 0 Å². The topological polar surface area (TPSA) is 80.6 Å². The number of carbonyl (C=O) groups is 2. The van der Waals surface area contributed by atoms with Crippen LogP contribution in [0.2, 0.25) is 0 Å². The average Bonchev–Trinajstić information content (AvgIpc) is 3.24. The van der Waals surface area contributed by atoms with Gasteiger partial charge in [0.25, 0.3) is 0 Å². The highest BCUT2D eigenvalue weighted by molar-refractivity contribution is 6.01. The normalized spacial score (nSPS) is 11.6. The Balaban J connectivity index is 1.69. The van der Waals surface area contributed by atoms with Crippen molar-refractivity contribution < 1.29 is 18.7 Å². The monoisotopic (exact) mass is 378 g/mol. The lowest BCUT2D eigenvalue weighted by Crippen LogP contribution is -2.32. The molecule has 1 amide bonds. The number of rotatable bonds is 8. The molecule has 0 fully saturated rings. The number of esters is 1. The number of anilines is 1. The van der Waals surface area contributed by atoms with Gasteiger partial charge < -0.3 is 14.5 Å². The molecule has 144 valence electrons. The number of amides is 1. The molecule has 0 aliphatic rings. The summed E-state index contributed by atoms with van der Waals surface area (Å²) < 4.78 is 10.6. The van der Waals surface area contributed by atoms with E-state index in [-0.39, 0.29) is 25.1 Å². The molecule has 1 heterocycles. The highest BCUT2D eigenvalue weighted by Crippen LogP contribution is 2.22. The summed E-state index contributed by atoms with van der Waals surface area (Å²) >= 11 is 0. The van der Waals surface area contributed by atoms with Crippen LogP contribution in [0.3, 0.4) is 0 Å². The Morgan fingerprint density at radius 3 is 2.46 bits per heavy atom. The molecule has 2 aromatic carbocycles. The first-order chi connectivity index (χ1) is 13.7. The molecule has 1 aromatic heterocycles. The molecule has 2 N–H and O–H groups in total. The molecule has 0 unspecified atom stereocenters. The van der Waals surface area contributed by atoms with Crippen molar-refractivity contribution in [2.75, 3.05) is 18.5 Å². The van der Waals surface area contributed by atoms with Crippen LogP contribution < -0.4 is 10.6 Å². The van der Waals surface area contributed by atoms with Crippen molar-refractivity contribution in [3.8, 4) is 0 Å². The molecule has 0 saturated heterocycles. The Labute approximate surface area is 163 Å². The van der Waals surface area contributed by atoms with Crippen molar-refractivity contribution in [3.63, 3.8) is 0 Å². The predicted molar refractivity (Wildman–Crippen MR) is 106 cm³/mol. The summed E-state index contributed by atoms with van der Waals surface area (Å²) in [4.78, 5) is 24.5. The Morgan fingerprint density at radius 1 is 1.00 bits per heavy atom. The number of ether oxygens (including phenoxy) is 1. The van der Waals surface area contributed by atoms with Crippen LogP contribution in [-0.4, -0.2) is 25.0 Å². The van der Waals surface area contributed by atoms with Gasteiger partial charge in [0.2, 0.25) is 5.91 Å². The molecular weight excluding hydrogens is 356 g/mol. The molecule has 0 spiro atoms. The number of carbonyl (C=O) groups excluding carboxylic acids is 2. The van der Waals surface area contributed by atoms with Crippen molar-refractivity contribution >= 4 is 17.6 Å². The SMILES string of the molecule is CCOC(=O)c1ccccc1NC(=O)CN[C@@H](c1ccccc1)c1ccco1. The summed E-state index contributed by atoms with van der Waals surface area (Å²) in [7, 11) is 0. The van der Waals surface area contributed by atoms with Gasteiger partial charge in [0.1, 0.15) is 5.76 Å². The first kappa shape index (κ1) is 19.4. The van der Waals surface area contributed by atoms with Gasteiger partial charge in [-0.2, -0.15) is 0 Å². The molecule has 0 radical (unpaired) electrons. The zero-order chi connectivity index (χ0) is 19.8. The number of nitrogens with one attached hydrogen (secondary N) is 2. The van der Waals surface area contributed by atoms with Crippen LogP contribution in [0.15, 0.2) is 77.4 Å². The van der Waals surface area contributed by atoms with Gasteiger partial charge in [-0.25, -0.2) is 4.79 Å². The molecule has 28 heavy (non-hydrogen) atoms. The summed E-state index contributed by atoms with van der Waals surface area (Å²) in [6, 6.07) is 19.9. The number of hydrogen-bond donors (Lipinski definition) is 2. The van der Waals surface area contributed by atoms with E-state index in [2.05, 4.69) is 10.6 Å². The fraction of sp³-hybridized carbons (Fsp3) is 0.182. The molecule has 0 bridgehead atoms. The van der Waals surface area contributed by atoms with E-state index in [0.717, 1.165) is 5.56 Å². The first-order valence-corrected chi connectivity index (χ1v) is 9.06. The number of benzene rings is 2. The van der Waals surface area contributed by atoms with E-state index in [1.807, 2.05) is 42.5 Å². The molecule has 3 rings (SSSR count). The highest BCUT2D eigenvalue weighted by atomic mass is 16.5. The van der Waals surface area contributed by atoms with Gasteiger partial charge in [0.05, 0.1) is 36.7 Å². The van der Waals surface area contributed by atoms with Gasteiger partial charge >= 0.3 is 5.97 Å². The minimum Gasteiger partial charge on any atom is -0.467 e. The lowest BCUT2D eigenvalue weighted by molar-refractivity contribution is -0.115. The van der Waals surface area contributed by atoms with Crippen molar-refractivity contribution in [3.05, 3.63) is 89.9 Å². The molecule has 0 saturated carbocycles. The summed E-state index contributed by atoms with van der Waals surface area (Å²) in [5, 5.41) is 5.98. The van der Waals surface area contributed by atoms with Gasteiger partial charge in [-0.1, -0.05) is 42.5 Å². The van der Waals surface area contributed by atoms with E-state index >= 15 is 0 Å². The van der Waals surface area contributed by atoms with E-state index in [4.69, 9.17) is 9.15 Å². The summed E-state index contributed by atoms with van der Waals surface area (Å²) in [5.41, 5.74) is 1.72. The smallest absolute Gasteiger partial charge is 0.340 e. The zero-order valence-corrected chi connectivity index (χ0v) is 15.6. The van der Waals surface area contributed by atoms with Crippen LogP contribution in [-0.2, 0) is 9.53 Å². The van der Waals surface area contributed by atoms with Crippen LogP contribution in [0.1, 0.15) is 34.6 Å². The second-order valence-electron chi connectivity index (χ2n) is 6.05. The second-order valence-corrected chi connectivity index (χ2v) is 6.05. The Morgan fingerprint density at radius 2 is 1.75 bits per heavy atom. The van der Waals surface area contributed by atoms with E-state index in [0.29, 0.717) is 17.0 Å². The van der Waals surface area contributed by atoms with Crippen LogP contribution in [0.5, 0.6) is 0 Å². The third-order valence-corrected chi connectivity index (χ3v) is 4.12. The molecule has 0 aliphatic carbocycles. The summed E-state index contributed by atoms with van der Waals surface area (Å²) in [6.07, 6.45) is 1.60. The molecule has 6 heteroatoms. The predicted octanol–water partition coefficient (Wildman–Crippen LogP) is 3.77. The number of para-hydroxylation sites is 1. The van der Waals surface area contributed by atoms with Gasteiger partial charge in [0.15, 0.2) is 0 Å². The van der Waals surface area contributed by atoms with Gasteiger partial charge in [-0.05, 0) is 36.8 Å². The summed E-state index contributed by atoms with van der Waals surface area (Å²) in [5.74, 6) is -0.0285. The third kappa shape index (κ3) is 4.86.